The van der Waals surface area contributed by atoms with Crippen LogP contribution in [-0.4, -0.2) is 52.3 Å². The molecular weight excluding hydrogens is 366 g/mol. The van der Waals surface area contributed by atoms with Gasteiger partial charge in [-0.05, 0) is 39.0 Å². The molecule has 1 aliphatic rings. The van der Waals surface area contributed by atoms with E-state index in [4.69, 9.17) is 9.84 Å². The third kappa shape index (κ3) is 5.14. The van der Waals surface area contributed by atoms with Gasteiger partial charge in [0, 0.05) is 25.8 Å². The van der Waals surface area contributed by atoms with E-state index in [1.54, 1.807) is 6.92 Å². The lowest BCUT2D eigenvalue weighted by Crippen LogP contribution is -2.34. The summed E-state index contributed by atoms with van der Waals surface area (Å²) in [6.07, 6.45) is 4.49. The van der Waals surface area contributed by atoms with E-state index < -0.39 is 0 Å². The first-order chi connectivity index (χ1) is 13.1. The molecule has 9 heteroatoms. The van der Waals surface area contributed by atoms with Crippen molar-refractivity contribution < 1.29 is 14.6 Å². The van der Waals surface area contributed by atoms with Gasteiger partial charge in [0.1, 0.15) is 22.3 Å². The largest absolute Gasteiger partial charge is 0.462 e. The number of aliphatic hydroxyl groups is 1. The van der Waals surface area contributed by atoms with E-state index in [1.807, 2.05) is 13.0 Å². The highest BCUT2D eigenvalue weighted by Gasteiger charge is 2.21. The number of carbonyl (C=O) groups excluding carboxylic acids is 1. The third-order valence-corrected chi connectivity index (χ3v) is 5.41. The molecule has 0 aliphatic carbocycles. The number of rotatable bonds is 7. The number of nitrogens with one attached hydrogen (secondary N) is 1. The lowest BCUT2D eigenvalue weighted by atomic mass is 9.94. The Labute approximate surface area is 162 Å². The Kier molecular flexibility index (Phi) is 6.57. The van der Waals surface area contributed by atoms with Gasteiger partial charge >= 0.3 is 5.97 Å². The lowest BCUT2D eigenvalue weighted by molar-refractivity contribution is 0.0532. The van der Waals surface area contributed by atoms with Crippen LogP contribution in [0.1, 0.15) is 41.7 Å². The number of hydrogen-bond donors (Lipinski definition) is 2. The van der Waals surface area contributed by atoms with Crippen molar-refractivity contribution in [1.82, 2.24) is 15.0 Å². The number of piperidine rings is 1. The number of aliphatic hydroxyl groups excluding tert-OH is 1. The molecule has 146 valence electrons. The van der Waals surface area contributed by atoms with Crippen LogP contribution in [0.4, 0.5) is 16.8 Å². The number of ether oxygens (including phenoxy) is 1. The summed E-state index contributed by atoms with van der Waals surface area (Å²) in [7, 11) is 0. The fourth-order valence-electron chi connectivity index (χ4n) is 3.15. The normalized spacial score (nSPS) is 15.0. The van der Waals surface area contributed by atoms with Crippen molar-refractivity contribution in [2.45, 2.75) is 33.1 Å². The highest BCUT2D eigenvalue weighted by molar-refractivity contribution is 7.17. The number of nitrogens with zero attached hydrogens (tertiary/aromatic N) is 4. The molecule has 0 saturated carbocycles. The molecule has 27 heavy (non-hydrogen) atoms. The first-order valence-electron chi connectivity index (χ1n) is 9.20. The van der Waals surface area contributed by atoms with Crippen molar-refractivity contribution in [2.24, 2.45) is 5.92 Å². The second-order valence-electron chi connectivity index (χ2n) is 6.48. The van der Waals surface area contributed by atoms with Gasteiger partial charge in [-0.1, -0.05) is 11.3 Å². The average Bonchev–Trinajstić information content (AvgIpc) is 3.11. The number of esters is 1. The van der Waals surface area contributed by atoms with E-state index in [0.717, 1.165) is 38.2 Å². The van der Waals surface area contributed by atoms with Gasteiger partial charge in [0.25, 0.3) is 0 Å². The molecule has 0 atom stereocenters. The van der Waals surface area contributed by atoms with E-state index in [-0.39, 0.29) is 12.6 Å². The molecule has 1 fully saturated rings. The van der Waals surface area contributed by atoms with Gasteiger partial charge in [-0.3, -0.25) is 0 Å². The molecule has 0 bridgehead atoms. The van der Waals surface area contributed by atoms with Gasteiger partial charge in [0.05, 0.1) is 12.8 Å². The number of aromatic nitrogens is 3. The Balaban J connectivity index is 1.68. The fourth-order valence-corrected chi connectivity index (χ4v) is 3.87. The predicted octanol–water partition coefficient (Wildman–Crippen LogP) is 2.76. The molecule has 0 radical (unpaired) electrons. The van der Waals surface area contributed by atoms with Crippen molar-refractivity contribution >= 4 is 34.1 Å². The van der Waals surface area contributed by atoms with Crippen molar-refractivity contribution in [3.8, 4) is 0 Å². The fraction of sp³-hybridized carbons (Fsp3) is 0.556. The van der Waals surface area contributed by atoms with Gasteiger partial charge in [0.15, 0.2) is 5.13 Å². The van der Waals surface area contributed by atoms with Crippen LogP contribution in [0.15, 0.2) is 12.3 Å². The molecule has 2 aromatic rings. The predicted molar refractivity (Wildman–Crippen MR) is 105 cm³/mol. The molecule has 8 nitrogen and oxygen atoms in total. The number of hydrogen-bond acceptors (Lipinski definition) is 9. The maximum atomic E-state index is 11.8. The van der Waals surface area contributed by atoms with Gasteiger partial charge in [-0.2, -0.15) is 0 Å². The highest BCUT2D eigenvalue weighted by atomic mass is 32.1. The van der Waals surface area contributed by atoms with Crippen LogP contribution in [0, 0.1) is 12.8 Å². The summed E-state index contributed by atoms with van der Waals surface area (Å²) in [6, 6.07) is 1.91. The van der Waals surface area contributed by atoms with E-state index in [0.29, 0.717) is 34.2 Å². The molecule has 0 spiro atoms. The molecule has 0 aromatic carbocycles. The maximum absolute atomic E-state index is 11.8. The molecule has 1 aliphatic heterocycles. The molecule has 2 N–H and O–H groups in total. The van der Waals surface area contributed by atoms with Crippen LogP contribution in [-0.2, 0) is 4.74 Å². The second kappa shape index (κ2) is 9.09. The Morgan fingerprint density at radius 3 is 2.89 bits per heavy atom. The number of carbonyl (C=O) groups is 1. The molecule has 3 rings (SSSR count). The van der Waals surface area contributed by atoms with Crippen molar-refractivity contribution in [2.75, 3.05) is 36.5 Å². The van der Waals surface area contributed by atoms with Crippen LogP contribution in [0.2, 0.25) is 0 Å². The minimum atomic E-state index is -0.367. The monoisotopic (exact) mass is 391 g/mol. The van der Waals surface area contributed by atoms with Gasteiger partial charge < -0.3 is 20.1 Å². The molecule has 3 heterocycles. The molecular formula is C18H25N5O3S. The van der Waals surface area contributed by atoms with Gasteiger partial charge in [0.2, 0.25) is 0 Å². The smallest absolute Gasteiger partial charge is 0.350 e. The summed E-state index contributed by atoms with van der Waals surface area (Å²) in [5, 5.41) is 12.9. The average molecular weight is 391 g/mol. The van der Waals surface area contributed by atoms with E-state index in [2.05, 4.69) is 25.2 Å². The number of aryl methyl sites for hydroxylation is 1. The standard InChI is InChI=1S/C18H25N5O3S/c1-3-26-17(25)14-11-19-18(27-14)22-15-10-16(21-12(2)20-15)23-7-4-13(5-8-23)6-9-24/h10-11,13,24H,3-9H2,1-2H3,(H,19,20,21,22). The minimum absolute atomic E-state index is 0.257. The molecule has 0 unspecified atom stereocenters. The minimum Gasteiger partial charge on any atom is -0.462 e. The Morgan fingerprint density at radius 1 is 1.41 bits per heavy atom. The summed E-state index contributed by atoms with van der Waals surface area (Å²) in [4.78, 5) is 27.7. The SMILES string of the molecule is CCOC(=O)c1cnc(Nc2cc(N3CCC(CCO)CC3)nc(C)n2)s1. The van der Waals surface area contributed by atoms with Crippen molar-refractivity contribution in [1.29, 1.82) is 0 Å². The van der Waals surface area contributed by atoms with Crippen LogP contribution in [0.25, 0.3) is 0 Å². The summed E-state index contributed by atoms with van der Waals surface area (Å²) >= 11 is 1.23. The van der Waals surface area contributed by atoms with Crippen LogP contribution >= 0.6 is 11.3 Å². The second-order valence-corrected chi connectivity index (χ2v) is 7.51. The van der Waals surface area contributed by atoms with E-state index in [9.17, 15) is 4.79 Å². The van der Waals surface area contributed by atoms with Gasteiger partial charge in [-0.25, -0.2) is 19.7 Å². The third-order valence-electron chi connectivity index (χ3n) is 4.52. The topological polar surface area (TPSA) is 100 Å². The summed E-state index contributed by atoms with van der Waals surface area (Å²) in [5.41, 5.74) is 0. The number of thiazole rings is 1. The van der Waals surface area contributed by atoms with E-state index >= 15 is 0 Å². The molecule has 2 aromatic heterocycles. The van der Waals surface area contributed by atoms with E-state index in [1.165, 1.54) is 17.5 Å². The Bertz CT molecular complexity index is 774. The van der Waals surface area contributed by atoms with Crippen molar-refractivity contribution in [3.05, 3.63) is 23.0 Å². The first-order valence-corrected chi connectivity index (χ1v) is 10.0. The zero-order valence-corrected chi connectivity index (χ0v) is 16.5. The highest BCUT2D eigenvalue weighted by Crippen LogP contribution is 2.27. The molecule has 1 saturated heterocycles. The first kappa shape index (κ1) is 19.5. The summed E-state index contributed by atoms with van der Waals surface area (Å²) in [5.74, 6) is 2.43. The number of anilines is 3. The Hall–Kier alpha value is -2.26. The quantitative estimate of drug-likeness (QED) is 0.695. The van der Waals surface area contributed by atoms with Crippen molar-refractivity contribution in [3.63, 3.8) is 0 Å². The Morgan fingerprint density at radius 2 is 2.19 bits per heavy atom. The van der Waals surface area contributed by atoms with Crippen LogP contribution in [0.5, 0.6) is 0 Å². The zero-order chi connectivity index (χ0) is 19.2. The summed E-state index contributed by atoms with van der Waals surface area (Å²) < 4.78 is 4.99. The lowest BCUT2D eigenvalue weighted by Gasteiger charge is -2.32. The zero-order valence-electron chi connectivity index (χ0n) is 15.6. The maximum Gasteiger partial charge on any atom is 0.350 e. The summed E-state index contributed by atoms with van der Waals surface area (Å²) in [6.45, 7) is 6.07. The molecule has 0 amide bonds. The van der Waals surface area contributed by atoms with Crippen LogP contribution < -0.4 is 10.2 Å². The van der Waals surface area contributed by atoms with Gasteiger partial charge in [-0.15, -0.1) is 0 Å². The van der Waals surface area contributed by atoms with Crippen LogP contribution in [0.3, 0.4) is 0 Å².